The predicted octanol–water partition coefficient (Wildman–Crippen LogP) is 2.99. The number of aromatic nitrogens is 1. The Morgan fingerprint density at radius 3 is 2.55 bits per heavy atom. The molecule has 0 saturated heterocycles. The second kappa shape index (κ2) is 5.86. The molecule has 2 rings (SSSR count). The van der Waals surface area contributed by atoms with Crippen molar-refractivity contribution in [2.75, 3.05) is 26.8 Å². The van der Waals surface area contributed by atoms with E-state index in [1.807, 2.05) is 6.20 Å². The van der Waals surface area contributed by atoms with Crippen molar-refractivity contribution in [2.24, 2.45) is 10.8 Å². The van der Waals surface area contributed by atoms with Gasteiger partial charge in [-0.05, 0) is 23.8 Å². The van der Waals surface area contributed by atoms with Gasteiger partial charge in [-0.15, -0.1) is 0 Å². The molecule has 0 atom stereocenters. The van der Waals surface area contributed by atoms with Gasteiger partial charge in [-0.1, -0.05) is 27.7 Å². The Kier molecular flexibility index (Phi) is 4.55. The molecule has 0 spiro atoms. The Hall–Kier alpha value is -0.870. The average Bonchev–Trinajstić information content (AvgIpc) is 2.70. The molecule has 0 aliphatic heterocycles. The van der Waals surface area contributed by atoms with Crippen LogP contribution in [0.1, 0.15) is 51.7 Å². The van der Waals surface area contributed by atoms with Crippen LogP contribution in [0.25, 0.3) is 0 Å². The Balaban J connectivity index is 1.77. The third kappa shape index (κ3) is 2.91. The molecule has 1 N–H and O–H groups in total. The van der Waals surface area contributed by atoms with Crippen LogP contribution < -0.4 is 5.32 Å². The van der Waals surface area contributed by atoms with Crippen molar-refractivity contribution in [3.8, 4) is 0 Å². The van der Waals surface area contributed by atoms with Gasteiger partial charge in [0.1, 0.15) is 5.76 Å². The zero-order chi connectivity index (χ0) is 14.8. The molecule has 1 aliphatic carbocycles. The molecule has 1 saturated carbocycles. The SMILES string of the molecule is COCCNCCCc1ncc(C2C(C)(C)C2(C)C)o1. The number of rotatable bonds is 8. The summed E-state index contributed by atoms with van der Waals surface area (Å²) in [6.07, 6.45) is 3.86. The summed E-state index contributed by atoms with van der Waals surface area (Å²) in [6, 6.07) is 0. The lowest BCUT2D eigenvalue weighted by Crippen LogP contribution is -2.20. The maximum Gasteiger partial charge on any atom is 0.194 e. The van der Waals surface area contributed by atoms with Gasteiger partial charge in [0.2, 0.25) is 0 Å². The summed E-state index contributed by atoms with van der Waals surface area (Å²) in [6.45, 7) is 11.9. The second-order valence-electron chi connectivity index (χ2n) is 6.88. The predicted molar refractivity (Wildman–Crippen MR) is 79.9 cm³/mol. The normalized spacial score (nSPS) is 20.2. The minimum Gasteiger partial charge on any atom is -0.445 e. The highest BCUT2D eigenvalue weighted by Crippen LogP contribution is 2.73. The van der Waals surface area contributed by atoms with E-state index < -0.39 is 0 Å². The molecule has 1 aliphatic rings. The minimum absolute atomic E-state index is 0.311. The van der Waals surface area contributed by atoms with Gasteiger partial charge in [0.15, 0.2) is 5.89 Å². The van der Waals surface area contributed by atoms with E-state index in [1.54, 1.807) is 7.11 Å². The summed E-state index contributed by atoms with van der Waals surface area (Å²) in [5.41, 5.74) is 0.622. The molecule has 0 unspecified atom stereocenters. The standard InChI is InChI=1S/C16H28N2O2/c1-15(2)14(16(15,3)4)12-11-18-13(20-12)7-6-8-17-9-10-19-5/h11,14,17H,6-10H2,1-5H3. The number of nitrogens with zero attached hydrogens (tertiary/aromatic N) is 1. The monoisotopic (exact) mass is 280 g/mol. The maximum absolute atomic E-state index is 5.94. The zero-order valence-electron chi connectivity index (χ0n) is 13.5. The van der Waals surface area contributed by atoms with Crippen molar-refractivity contribution >= 4 is 0 Å². The lowest BCUT2D eigenvalue weighted by Gasteiger charge is -2.03. The molecule has 0 bridgehead atoms. The number of nitrogens with one attached hydrogen (secondary N) is 1. The van der Waals surface area contributed by atoms with E-state index in [1.165, 1.54) is 0 Å². The fourth-order valence-electron chi connectivity index (χ4n) is 3.14. The Labute approximate surface area is 122 Å². The summed E-state index contributed by atoms with van der Waals surface area (Å²) in [4.78, 5) is 4.42. The molecule has 1 aromatic heterocycles. The van der Waals surface area contributed by atoms with Crippen LogP contribution in [0, 0.1) is 10.8 Å². The van der Waals surface area contributed by atoms with Crippen LogP contribution in [0.4, 0.5) is 0 Å². The summed E-state index contributed by atoms with van der Waals surface area (Å²) >= 11 is 0. The van der Waals surface area contributed by atoms with Crippen LogP contribution in [-0.4, -0.2) is 31.8 Å². The van der Waals surface area contributed by atoms with Gasteiger partial charge >= 0.3 is 0 Å². The largest absolute Gasteiger partial charge is 0.445 e. The molecular formula is C16H28N2O2. The highest BCUT2D eigenvalue weighted by Gasteiger charge is 2.66. The molecule has 1 aromatic rings. The highest BCUT2D eigenvalue weighted by atomic mass is 16.5. The molecular weight excluding hydrogens is 252 g/mol. The number of ether oxygens (including phenoxy) is 1. The van der Waals surface area contributed by atoms with Crippen molar-refractivity contribution in [1.82, 2.24) is 10.3 Å². The van der Waals surface area contributed by atoms with Crippen molar-refractivity contribution in [3.05, 3.63) is 17.8 Å². The van der Waals surface area contributed by atoms with Gasteiger partial charge in [0.05, 0.1) is 12.8 Å². The topological polar surface area (TPSA) is 47.3 Å². The molecule has 114 valence electrons. The van der Waals surface area contributed by atoms with Crippen LogP contribution in [0.3, 0.4) is 0 Å². The van der Waals surface area contributed by atoms with E-state index in [-0.39, 0.29) is 0 Å². The van der Waals surface area contributed by atoms with Gasteiger partial charge in [-0.3, -0.25) is 0 Å². The Morgan fingerprint density at radius 1 is 1.25 bits per heavy atom. The first-order valence-electron chi connectivity index (χ1n) is 7.55. The summed E-state index contributed by atoms with van der Waals surface area (Å²) in [7, 11) is 1.72. The zero-order valence-corrected chi connectivity index (χ0v) is 13.5. The number of hydrogen-bond donors (Lipinski definition) is 1. The minimum atomic E-state index is 0.311. The van der Waals surface area contributed by atoms with Crippen LogP contribution in [0.5, 0.6) is 0 Å². The average molecular weight is 280 g/mol. The van der Waals surface area contributed by atoms with Gasteiger partial charge in [0.25, 0.3) is 0 Å². The summed E-state index contributed by atoms with van der Waals surface area (Å²) < 4.78 is 10.9. The first-order chi connectivity index (χ1) is 9.41. The van der Waals surface area contributed by atoms with Gasteiger partial charge in [0, 0.05) is 26.0 Å². The van der Waals surface area contributed by atoms with Crippen molar-refractivity contribution < 1.29 is 9.15 Å². The number of aryl methyl sites for hydroxylation is 1. The van der Waals surface area contributed by atoms with E-state index in [4.69, 9.17) is 9.15 Å². The first kappa shape index (κ1) is 15.5. The van der Waals surface area contributed by atoms with Crippen LogP contribution in [0.2, 0.25) is 0 Å². The number of oxazole rings is 1. The van der Waals surface area contributed by atoms with Crippen LogP contribution >= 0.6 is 0 Å². The van der Waals surface area contributed by atoms with E-state index in [0.717, 1.165) is 44.2 Å². The molecule has 0 radical (unpaired) electrons. The van der Waals surface area contributed by atoms with Crippen LogP contribution in [0.15, 0.2) is 10.6 Å². The van der Waals surface area contributed by atoms with Gasteiger partial charge in [-0.2, -0.15) is 0 Å². The molecule has 20 heavy (non-hydrogen) atoms. The van der Waals surface area contributed by atoms with Gasteiger partial charge in [-0.25, -0.2) is 4.98 Å². The molecule has 0 aromatic carbocycles. The van der Waals surface area contributed by atoms with Crippen molar-refractivity contribution in [2.45, 2.75) is 46.5 Å². The molecule has 4 heteroatoms. The van der Waals surface area contributed by atoms with Gasteiger partial charge < -0.3 is 14.5 Å². The lowest BCUT2D eigenvalue weighted by atomic mass is 10.0. The quantitative estimate of drug-likeness (QED) is 0.744. The third-order valence-electron chi connectivity index (χ3n) is 5.10. The molecule has 4 nitrogen and oxygen atoms in total. The number of methoxy groups -OCH3 is 1. The fourth-order valence-corrected chi connectivity index (χ4v) is 3.14. The van der Waals surface area contributed by atoms with E-state index in [2.05, 4.69) is 38.0 Å². The van der Waals surface area contributed by atoms with E-state index in [9.17, 15) is 0 Å². The van der Waals surface area contributed by atoms with Crippen molar-refractivity contribution in [1.29, 1.82) is 0 Å². The van der Waals surface area contributed by atoms with Crippen LogP contribution in [-0.2, 0) is 11.2 Å². The first-order valence-corrected chi connectivity index (χ1v) is 7.55. The van der Waals surface area contributed by atoms with E-state index in [0.29, 0.717) is 16.7 Å². The Bertz CT molecular complexity index is 423. The maximum atomic E-state index is 5.94. The summed E-state index contributed by atoms with van der Waals surface area (Å²) in [5, 5.41) is 3.33. The fraction of sp³-hybridized carbons (Fsp3) is 0.812. The smallest absolute Gasteiger partial charge is 0.194 e. The molecule has 0 amide bonds. The highest BCUT2D eigenvalue weighted by molar-refractivity contribution is 5.27. The molecule has 1 heterocycles. The molecule has 1 fully saturated rings. The summed E-state index contributed by atoms with van der Waals surface area (Å²) in [5.74, 6) is 2.42. The third-order valence-corrected chi connectivity index (χ3v) is 5.10. The lowest BCUT2D eigenvalue weighted by molar-refractivity contribution is 0.199. The number of hydrogen-bond acceptors (Lipinski definition) is 4. The Morgan fingerprint density at radius 2 is 1.95 bits per heavy atom. The second-order valence-corrected chi connectivity index (χ2v) is 6.88. The van der Waals surface area contributed by atoms with E-state index >= 15 is 0 Å². The van der Waals surface area contributed by atoms with Crippen molar-refractivity contribution in [3.63, 3.8) is 0 Å².